The summed E-state index contributed by atoms with van der Waals surface area (Å²) in [4.78, 5) is 25.0. The monoisotopic (exact) mass is 346 g/mol. The maximum absolute atomic E-state index is 12.3. The topological polar surface area (TPSA) is 104 Å². The van der Waals surface area contributed by atoms with Crippen LogP contribution in [-0.2, 0) is 19.6 Å². The van der Waals surface area contributed by atoms with Crippen molar-refractivity contribution in [2.24, 2.45) is 11.8 Å². The molecule has 0 bridgehead atoms. The van der Waals surface area contributed by atoms with E-state index in [1.807, 2.05) is 13.8 Å². The summed E-state index contributed by atoms with van der Waals surface area (Å²) in [7, 11) is -3.73. The lowest BCUT2D eigenvalue weighted by Gasteiger charge is -2.40. The van der Waals surface area contributed by atoms with Crippen molar-refractivity contribution in [3.05, 3.63) is 0 Å². The molecule has 1 saturated heterocycles. The summed E-state index contributed by atoms with van der Waals surface area (Å²) in [6.07, 6.45) is 4.14. The minimum Gasteiger partial charge on any atom is -0.480 e. The van der Waals surface area contributed by atoms with E-state index in [-0.39, 0.29) is 37.3 Å². The van der Waals surface area contributed by atoms with Gasteiger partial charge in [0.05, 0.1) is 0 Å². The fraction of sp³-hybridized carbons (Fsp3) is 0.867. The van der Waals surface area contributed by atoms with Crippen molar-refractivity contribution in [2.75, 3.05) is 13.1 Å². The van der Waals surface area contributed by atoms with Gasteiger partial charge in [-0.1, -0.05) is 26.7 Å². The molecule has 0 spiro atoms. The second-order valence-corrected chi connectivity index (χ2v) is 9.02. The van der Waals surface area contributed by atoms with E-state index in [1.165, 1.54) is 0 Å². The van der Waals surface area contributed by atoms with Gasteiger partial charge >= 0.3 is 5.97 Å². The van der Waals surface area contributed by atoms with Gasteiger partial charge in [0.2, 0.25) is 15.9 Å². The summed E-state index contributed by atoms with van der Waals surface area (Å²) in [5.74, 6) is -1.01. The summed E-state index contributed by atoms with van der Waals surface area (Å²) in [5, 5.41) is 8.44. The molecule has 0 aromatic rings. The van der Waals surface area contributed by atoms with Gasteiger partial charge < -0.3 is 10.0 Å². The molecule has 0 radical (unpaired) electrons. The Morgan fingerprint density at radius 1 is 1.22 bits per heavy atom. The van der Waals surface area contributed by atoms with Crippen LogP contribution in [0.25, 0.3) is 0 Å². The van der Waals surface area contributed by atoms with Gasteiger partial charge in [-0.05, 0) is 25.2 Å². The van der Waals surface area contributed by atoms with Gasteiger partial charge in [0.1, 0.15) is 11.3 Å². The molecule has 0 aromatic heterocycles. The Bertz CT molecular complexity index is 548. The van der Waals surface area contributed by atoms with E-state index in [2.05, 4.69) is 4.72 Å². The predicted molar refractivity (Wildman–Crippen MR) is 85.3 cm³/mol. The van der Waals surface area contributed by atoms with Gasteiger partial charge in [-0.25, -0.2) is 13.1 Å². The molecule has 23 heavy (non-hydrogen) atoms. The number of carboxylic acids is 1. The van der Waals surface area contributed by atoms with Crippen molar-refractivity contribution in [3.8, 4) is 0 Å². The number of hydrogen-bond donors (Lipinski definition) is 2. The molecule has 2 rings (SSSR count). The van der Waals surface area contributed by atoms with E-state index in [9.17, 15) is 18.0 Å². The number of amides is 1. The van der Waals surface area contributed by atoms with E-state index < -0.39 is 27.3 Å². The summed E-state index contributed by atoms with van der Waals surface area (Å²) in [6, 6.07) is -1.11. The van der Waals surface area contributed by atoms with E-state index in [4.69, 9.17) is 5.11 Å². The highest BCUT2D eigenvalue weighted by molar-refractivity contribution is 7.90. The number of carbonyl (C=O) groups excluding carboxylic acids is 1. The molecule has 132 valence electrons. The Morgan fingerprint density at radius 2 is 1.78 bits per heavy atom. The van der Waals surface area contributed by atoms with E-state index in [1.54, 1.807) is 4.90 Å². The van der Waals surface area contributed by atoms with Crippen LogP contribution in [0, 0.1) is 11.8 Å². The van der Waals surface area contributed by atoms with Crippen molar-refractivity contribution in [3.63, 3.8) is 0 Å². The first-order valence-corrected chi connectivity index (χ1v) is 9.78. The number of carbonyl (C=O) groups is 2. The Hall–Kier alpha value is -1.15. The molecule has 7 nitrogen and oxygen atoms in total. The summed E-state index contributed by atoms with van der Waals surface area (Å²) in [5.41, 5.74) is 0. The largest absolute Gasteiger partial charge is 0.480 e. The normalized spacial score (nSPS) is 21.4. The van der Waals surface area contributed by atoms with Crippen LogP contribution in [0.3, 0.4) is 0 Å². The molecule has 8 heteroatoms. The molecule has 1 unspecified atom stereocenters. The zero-order valence-corrected chi connectivity index (χ0v) is 14.5. The van der Waals surface area contributed by atoms with Crippen molar-refractivity contribution in [2.45, 2.75) is 57.2 Å². The average molecular weight is 346 g/mol. The fourth-order valence-electron chi connectivity index (χ4n) is 3.21. The first-order valence-electron chi connectivity index (χ1n) is 8.23. The SMILES string of the molecule is CC(C)CC(NS(=O)(=O)C1CN(C(=O)C2CCCC2)C1)C(=O)O. The molecule has 1 aliphatic heterocycles. The van der Waals surface area contributed by atoms with Crippen LogP contribution >= 0.6 is 0 Å². The molecule has 1 aliphatic carbocycles. The lowest BCUT2D eigenvalue weighted by Crippen LogP contribution is -2.61. The van der Waals surface area contributed by atoms with Gasteiger partial charge in [-0.2, -0.15) is 0 Å². The fourth-order valence-corrected chi connectivity index (χ4v) is 4.75. The number of carboxylic acid groups (broad SMARTS) is 1. The van der Waals surface area contributed by atoms with E-state index in [0.717, 1.165) is 25.7 Å². The summed E-state index contributed by atoms with van der Waals surface area (Å²) in [6.45, 7) is 4.02. The minimum atomic E-state index is -3.73. The second-order valence-electron chi connectivity index (χ2n) is 7.03. The van der Waals surface area contributed by atoms with E-state index in [0.29, 0.717) is 0 Å². The van der Waals surface area contributed by atoms with Crippen molar-refractivity contribution in [1.82, 2.24) is 9.62 Å². The molecular weight excluding hydrogens is 320 g/mol. The molecule has 1 amide bonds. The highest BCUT2D eigenvalue weighted by atomic mass is 32.2. The number of nitrogens with one attached hydrogen (secondary N) is 1. The van der Waals surface area contributed by atoms with Crippen molar-refractivity contribution >= 4 is 21.9 Å². The van der Waals surface area contributed by atoms with Gasteiger partial charge in [-0.15, -0.1) is 0 Å². The molecular formula is C15H26N2O5S. The maximum atomic E-state index is 12.3. The Morgan fingerprint density at radius 3 is 2.26 bits per heavy atom. The third-order valence-electron chi connectivity index (χ3n) is 4.61. The predicted octanol–water partition coefficient (Wildman–Crippen LogP) is 0.806. The van der Waals surface area contributed by atoms with Crippen LogP contribution in [0.2, 0.25) is 0 Å². The molecule has 2 N–H and O–H groups in total. The zero-order chi connectivity index (χ0) is 17.2. The number of likely N-dealkylation sites (tertiary alicyclic amines) is 1. The first kappa shape index (κ1) is 18.2. The lowest BCUT2D eigenvalue weighted by atomic mass is 10.0. The second kappa shape index (κ2) is 7.17. The molecule has 1 saturated carbocycles. The van der Waals surface area contributed by atoms with E-state index >= 15 is 0 Å². The number of nitrogens with zero attached hydrogens (tertiary/aromatic N) is 1. The third kappa shape index (κ3) is 4.44. The Labute approximate surface area is 137 Å². The van der Waals surface area contributed by atoms with Crippen LogP contribution in [-0.4, -0.2) is 54.7 Å². The summed E-state index contributed by atoms with van der Waals surface area (Å²) < 4.78 is 26.9. The summed E-state index contributed by atoms with van der Waals surface area (Å²) >= 11 is 0. The lowest BCUT2D eigenvalue weighted by molar-refractivity contribution is -0.140. The quantitative estimate of drug-likeness (QED) is 0.710. The molecule has 0 aromatic carbocycles. The van der Waals surface area contributed by atoms with Crippen LogP contribution < -0.4 is 4.72 Å². The van der Waals surface area contributed by atoms with Crippen molar-refractivity contribution in [1.29, 1.82) is 0 Å². The first-order chi connectivity index (χ1) is 10.7. The average Bonchev–Trinajstić information content (AvgIpc) is 2.88. The molecule has 2 aliphatic rings. The molecule has 2 fully saturated rings. The van der Waals surface area contributed by atoms with Gasteiger partial charge in [-0.3, -0.25) is 9.59 Å². The third-order valence-corrected chi connectivity index (χ3v) is 6.40. The van der Waals surface area contributed by atoms with Crippen LogP contribution in [0.5, 0.6) is 0 Å². The van der Waals surface area contributed by atoms with Gasteiger partial charge in [0.25, 0.3) is 0 Å². The number of aliphatic carboxylic acids is 1. The molecule has 1 atom stereocenters. The van der Waals surface area contributed by atoms with Gasteiger partial charge in [0.15, 0.2) is 0 Å². The van der Waals surface area contributed by atoms with Crippen molar-refractivity contribution < 1.29 is 23.1 Å². The Kier molecular flexibility index (Phi) is 5.67. The molecule has 1 heterocycles. The highest BCUT2D eigenvalue weighted by Gasteiger charge is 2.43. The van der Waals surface area contributed by atoms with Gasteiger partial charge in [0, 0.05) is 19.0 Å². The Balaban J connectivity index is 1.89. The highest BCUT2D eigenvalue weighted by Crippen LogP contribution is 2.29. The number of rotatable bonds is 7. The van der Waals surface area contributed by atoms with Crippen LogP contribution in [0.15, 0.2) is 0 Å². The number of sulfonamides is 1. The standard InChI is InChI=1S/C15H26N2O5S/c1-10(2)7-13(15(19)20)16-23(21,22)12-8-17(9-12)14(18)11-5-3-4-6-11/h10-13,16H,3-9H2,1-2H3,(H,19,20). The smallest absolute Gasteiger partial charge is 0.321 e. The minimum absolute atomic E-state index is 0.0410. The van der Waals surface area contributed by atoms with Crippen LogP contribution in [0.1, 0.15) is 46.0 Å². The van der Waals surface area contributed by atoms with Crippen LogP contribution in [0.4, 0.5) is 0 Å². The maximum Gasteiger partial charge on any atom is 0.321 e. The zero-order valence-electron chi connectivity index (χ0n) is 13.7. The number of hydrogen-bond acceptors (Lipinski definition) is 4.